The summed E-state index contributed by atoms with van der Waals surface area (Å²) in [4.78, 5) is 26.2. The third-order valence-corrected chi connectivity index (χ3v) is 4.67. The lowest BCUT2D eigenvalue weighted by Crippen LogP contribution is -2.41. The number of aryl methyl sites for hydroxylation is 1. The SMILES string of the molecule is CC(=O)CC1c2c(C)cccc2CCN1C(=O)OCc1ccccc1. The molecule has 0 saturated carbocycles. The molecule has 4 nitrogen and oxygen atoms in total. The molecule has 0 aromatic heterocycles. The fourth-order valence-electron chi connectivity index (χ4n) is 3.49. The first kappa shape index (κ1) is 17.2. The molecule has 1 aliphatic rings. The number of fused-ring (bicyclic) bond motifs is 1. The van der Waals surface area contributed by atoms with Gasteiger partial charge in [-0.1, -0.05) is 48.5 Å². The van der Waals surface area contributed by atoms with Crippen LogP contribution < -0.4 is 0 Å². The van der Waals surface area contributed by atoms with Crippen molar-refractivity contribution in [2.24, 2.45) is 0 Å². The van der Waals surface area contributed by atoms with Crippen molar-refractivity contribution in [3.63, 3.8) is 0 Å². The van der Waals surface area contributed by atoms with Crippen LogP contribution in [0.25, 0.3) is 0 Å². The maximum atomic E-state index is 12.7. The Labute approximate surface area is 148 Å². The van der Waals surface area contributed by atoms with Crippen molar-refractivity contribution < 1.29 is 14.3 Å². The molecule has 0 spiro atoms. The van der Waals surface area contributed by atoms with Gasteiger partial charge in [0.1, 0.15) is 12.4 Å². The lowest BCUT2D eigenvalue weighted by atomic mass is 9.87. The maximum Gasteiger partial charge on any atom is 0.410 e. The Kier molecular flexibility index (Phi) is 5.17. The normalized spacial score (nSPS) is 16.2. The molecule has 2 aromatic carbocycles. The van der Waals surface area contributed by atoms with Gasteiger partial charge in [0, 0.05) is 13.0 Å². The van der Waals surface area contributed by atoms with Gasteiger partial charge in [0.2, 0.25) is 0 Å². The third-order valence-electron chi connectivity index (χ3n) is 4.67. The molecule has 1 amide bonds. The van der Waals surface area contributed by atoms with Crippen LogP contribution in [-0.2, 0) is 22.6 Å². The van der Waals surface area contributed by atoms with Gasteiger partial charge in [-0.25, -0.2) is 4.79 Å². The Bertz CT molecular complexity index is 770. The van der Waals surface area contributed by atoms with E-state index in [0.29, 0.717) is 13.0 Å². The van der Waals surface area contributed by atoms with Gasteiger partial charge >= 0.3 is 6.09 Å². The number of hydrogen-bond acceptors (Lipinski definition) is 3. The van der Waals surface area contributed by atoms with Crippen molar-refractivity contribution in [2.45, 2.75) is 39.3 Å². The highest BCUT2D eigenvalue weighted by atomic mass is 16.6. The number of rotatable bonds is 4. The highest BCUT2D eigenvalue weighted by Crippen LogP contribution is 2.35. The number of nitrogens with zero attached hydrogens (tertiary/aromatic N) is 1. The molecular weight excluding hydrogens is 314 g/mol. The molecule has 0 fully saturated rings. The van der Waals surface area contributed by atoms with E-state index in [0.717, 1.165) is 23.1 Å². The largest absolute Gasteiger partial charge is 0.445 e. The fraction of sp³-hybridized carbons (Fsp3) is 0.333. The molecule has 3 rings (SSSR count). The minimum atomic E-state index is -0.357. The van der Waals surface area contributed by atoms with Gasteiger partial charge in [-0.05, 0) is 42.5 Å². The van der Waals surface area contributed by atoms with Crippen molar-refractivity contribution in [1.82, 2.24) is 4.90 Å². The maximum absolute atomic E-state index is 12.7. The number of ether oxygens (including phenoxy) is 1. The quantitative estimate of drug-likeness (QED) is 0.839. The second-order valence-corrected chi connectivity index (χ2v) is 6.55. The summed E-state index contributed by atoms with van der Waals surface area (Å²) in [5.74, 6) is 0.0713. The van der Waals surface area contributed by atoms with Crippen molar-refractivity contribution in [3.05, 3.63) is 70.8 Å². The highest BCUT2D eigenvalue weighted by Gasteiger charge is 2.33. The summed E-state index contributed by atoms with van der Waals surface area (Å²) in [6.07, 6.45) is 0.744. The first-order valence-corrected chi connectivity index (χ1v) is 8.61. The zero-order valence-corrected chi connectivity index (χ0v) is 14.7. The second-order valence-electron chi connectivity index (χ2n) is 6.55. The summed E-state index contributed by atoms with van der Waals surface area (Å²) in [5, 5.41) is 0. The molecule has 0 bridgehead atoms. The van der Waals surface area contributed by atoms with Crippen LogP contribution in [0.1, 0.15) is 41.6 Å². The van der Waals surface area contributed by atoms with E-state index in [1.54, 1.807) is 11.8 Å². The molecule has 0 saturated heterocycles. The molecule has 25 heavy (non-hydrogen) atoms. The van der Waals surface area contributed by atoms with Gasteiger partial charge in [-0.2, -0.15) is 0 Å². The van der Waals surface area contributed by atoms with E-state index in [4.69, 9.17) is 4.74 Å². The minimum absolute atomic E-state index is 0.0713. The van der Waals surface area contributed by atoms with Crippen molar-refractivity contribution in [2.75, 3.05) is 6.54 Å². The number of Topliss-reactive ketones (excluding diaryl/α,β-unsaturated/α-hetero) is 1. The average molecular weight is 337 g/mol. The van der Waals surface area contributed by atoms with Gasteiger partial charge in [0.15, 0.2) is 0 Å². The summed E-state index contributed by atoms with van der Waals surface area (Å²) >= 11 is 0. The van der Waals surface area contributed by atoms with E-state index in [1.807, 2.05) is 49.4 Å². The summed E-state index contributed by atoms with van der Waals surface area (Å²) in [6.45, 7) is 4.41. The lowest BCUT2D eigenvalue weighted by molar-refractivity contribution is -0.118. The molecule has 130 valence electrons. The van der Waals surface area contributed by atoms with Gasteiger partial charge < -0.3 is 9.64 Å². The monoisotopic (exact) mass is 337 g/mol. The first-order valence-electron chi connectivity index (χ1n) is 8.61. The zero-order valence-electron chi connectivity index (χ0n) is 14.7. The van der Waals surface area contributed by atoms with Crippen molar-refractivity contribution in [1.29, 1.82) is 0 Å². The van der Waals surface area contributed by atoms with Crippen LogP contribution in [0.5, 0.6) is 0 Å². The molecule has 1 atom stereocenters. The molecule has 1 heterocycles. The Morgan fingerprint density at radius 2 is 1.88 bits per heavy atom. The summed E-state index contributed by atoms with van der Waals surface area (Å²) in [7, 11) is 0. The van der Waals surface area contributed by atoms with Crippen LogP contribution in [0.4, 0.5) is 4.79 Å². The van der Waals surface area contributed by atoms with Crippen LogP contribution in [0, 0.1) is 6.92 Å². The van der Waals surface area contributed by atoms with Crippen molar-refractivity contribution in [3.8, 4) is 0 Å². The van der Waals surface area contributed by atoms with Crippen LogP contribution in [0.3, 0.4) is 0 Å². The molecule has 4 heteroatoms. The van der Waals surface area contributed by atoms with Gasteiger partial charge in [-0.15, -0.1) is 0 Å². The van der Waals surface area contributed by atoms with E-state index in [2.05, 4.69) is 6.07 Å². The lowest BCUT2D eigenvalue weighted by Gasteiger charge is -2.37. The Balaban J connectivity index is 1.80. The van der Waals surface area contributed by atoms with Gasteiger partial charge in [0.25, 0.3) is 0 Å². The average Bonchev–Trinajstić information content (AvgIpc) is 2.60. The molecule has 0 aliphatic carbocycles. The first-order chi connectivity index (χ1) is 12.1. The number of amides is 1. The number of carbonyl (C=O) groups is 2. The van der Waals surface area contributed by atoms with E-state index in [1.165, 1.54) is 5.56 Å². The Morgan fingerprint density at radius 1 is 1.12 bits per heavy atom. The standard InChI is InChI=1S/C21H23NO3/c1-15-7-6-10-18-11-12-22(19(20(15)18)13-16(2)23)21(24)25-14-17-8-4-3-5-9-17/h3-10,19H,11-14H2,1-2H3. The van der Waals surface area contributed by atoms with Gasteiger partial charge in [-0.3, -0.25) is 4.79 Å². The third kappa shape index (κ3) is 3.90. The Morgan fingerprint density at radius 3 is 2.60 bits per heavy atom. The van der Waals surface area contributed by atoms with E-state index in [9.17, 15) is 9.59 Å². The van der Waals surface area contributed by atoms with E-state index in [-0.39, 0.29) is 24.5 Å². The number of hydrogen-bond donors (Lipinski definition) is 0. The molecule has 1 unspecified atom stereocenters. The summed E-state index contributed by atoms with van der Waals surface area (Å²) in [6, 6.07) is 15.5. The van der Waals surface area contributed by atoms with Crippen molar-refractivity contribution >= 4 is 11.9 Å². The fourth-order valence-corrected chi connectivity index (χ4v) is 3.49. The van der Waals surface area contributed by atoms with Crippen LogP contribution in [0.15, 0.2) is 48.5 Å². The Hall–Kier alpha value is -2.62. The van der Waals surface area contributed by atoms with E-state index < -0.39 is 0 Å². The molecule has 1 aliphatic heterocycles. The summed E-state index contributed by atoms with van der Waals surface area (Å²) in [5.41, 5.74) is 4.39. The zero-order chi connectivity index (χ0) is 17.8. The molecule has 0 radical (unpaired) electrons. The molecule has 0 N–H and O–H groups in total. The number of ketones is 1. The topological polar surface area (TPSA) is 46.6 Å². The van der Waals surface area contributed by atoms with E-state index >= 15 is 0 Å². The van der Waals surface area contributed by atoms with Crippen LogP contribution >= 0.6 is 0 Å². The number of carbonyl (C=O) groups excluding carboxylic acids is 2. The van der Waals surface area contributed by atoms with Crippen LogP contribution in [-0.4, -0.2) is 23.3 Å². The predicted octanol–water partition coefficient (Wildman–Crippen LogP) is 4.21. The minimum Gasteiger partial charge on any atom is -0.445 e. The molecule has 2 aromatic rings. The van der Waals surface area contributed by atoms with Gasteiger partial charge in [0.05, 0.1) is 6.04 Å². The molecular formula is C21H23NO3. The summed E-state index contributed by atoms with van der Waals surface area (Å²) < 4.78 is 5.51. The number of benzene rings is 2. The smallest absolute Gasteiger partial charge is 0.410 e. The predicted molar refractivity (Wildman–Crippen MR) is 96.3 cm³/mol. The highest BCUT2D eigenvalue weighted by molar-refractivity contribution is 5.78. The second kappa shape index (κ2) is 7.51. The van der Waals surface area contributed by atoms with Crippen LogP contribution in [0.2, 0.25) is 0 Å².